The SMILES string of the molecule is CC(C)C(CCCl)NS(=O)(=O)CCS(C)(=O)=O. The third-order valence-electron chi connectivity index (χ3n) is 2.28. The predicted molar refractivity (Wildman–Crippen MR) is 70.6 cm³/mol. The molecule has 17 heavy (non-hydrogen) atoms. The molecule has 0 amide bonds. The third kappa shape index (κ3) is 8.82. The lowest BCUT2D eigenvalue weighted by molar-refractivity contribution is 0.439. The summed E-state index contributed by atoms with van der Waals surface area (Å²) in [5.74, 6) is -0.301. The molecule has 0 saturated carbocycles. The number of alkyl halides is 1. The second kappa shape index (κ2) is 6.92. The van der Waals surface area contributed by atoms with Crippen LogP contribution in [0.25, 0.3) is 0 Å². The number of rotatable bonds is 8. The van der Waals surface area contributed by atoms with E-state index in [1.807, 2.05) is 13.8 Å². The summed E-state index contributed by atoms with van der Waals surface area (Å²) in [4.78, 5) is 0. The van der Waals surface area contributed by atoms with Crippen LogP contribution < -0.4 is 4.72 Å². The first-order chi connectivity index (χ1) is 7.57. The van der Waals surface area contributed by atoms with Crippen LogP contribution in [-0.4, -0.2) is 46.5 Å². The summed E-state index contributed by atoms with van der Waals surface area (Å²) in [6.45, 7) is 3.77. The molecule has 0 aliphatic carbocycles. The maximum atomic E-state index is 11.6. The van der Waals surface area contributed by atoms with Gasteiger partial charge < -0.3 is 0 Å². The monoisotopic (exact) mass is 305 g/mol. The Labute approximate surface area is 109 Å². The highest BCUT2D eigenvalue weighted by atomic mass is 35.5. The van der Waals surface area contributed by atoms with Crippen molar-refractivity contribution in [2.45, 2.75) is 26.3 Å². The summed E-state index contributed by atoms with van der Waals surface area (Å²) in [7, 11) is -6.84. The van der Waals surface area contributed by atoms with Crippen LogP contribution in [0.5, 0.6) is 0 Å². The molecule has 1 atom stereocenters. The highest BCUT2D eigenvalue weighted by molar-refractivity contribution is 7.93. The second-order valence-electron chi connectivity index (χ2n) is 4.39. The van der Waals surface area contributed by atoms with E-state index in [1.165, 1.54) is 0 Å². The average Bonchev–Trinajstić information content (AvgIpc) is 2.13. The van der Waals surface area contributed by atoms with Gasteiger partial charge in [-0.15, -0.1) is 11.6 Å². The molecule has 0 bridgehead atoms. The van der Waals surface area contributed by atoms with Gasteiger partial charge in [-0.1, -0.05) is 13.8 Å². The highest BCUT2D eigenvalue weighted by Gasteiger charge is 2.21. The van der Waals surface area contributed by atoms with Gasteiger partial charge in [0.15, 0.2) is 0 Å². The minimum atomic E-state index is -3.57. The standard InChI is InChI=1S/C9H20ClNO4S2/c1-8(2)9(4-5-10)11-17(14,15)7-6-16(3,12)13/h8-9,11H,4-7H2,1-3H3. The molecule has 0 aliphatic rings. The highest BCUT2D eigenvalue weighted by Crippen LogP contribution is 2.09. The van der Waals surface area contributed by atoms with Crippen molar-refractivity contribution in [2.75, 3.05) is 23.6 Å². The lowest BCUT2D eigenvalue weighted by Gasteiger charge is -2.21. The van der Waals surface area contributed by atoms with Crippen molar-refractivity contribution in [2.24, 2.45) is 5.92 Å². The predicted octanol–water partition coefficient (Wildman–Crippen LogP) is 0.604. The molecule has 0 aromatic carbocycles. The topological polar surface area (TPSA) is 80.3 Å². The Morgan fingerprint density at radius 1 is 1.12 bits per heavy atom. The second-order valence-corrected chi connectivity index (χ2v) is 8.91. The van der Waals surface area contributed by atoms with E-state index in [0.29, 0.717) is 12.3 Å². The summed E-state index contributed by atoms with van der Waals surface area (Å²) in [5, 5.41) is 0. The Morgan fingerprint density at radius 3 is 2.00 bits per heavy atom. The maximum Gasteiger partial charge on any atom is 0.212 e. The number of halogens is 1. The van der Waals surface area contributed by atoms with Gasteiger partial charge in [-0.25, -0.2) is 21.6 Å². The molecule has 0 aromatic heterocycles. The summed E-state index contributed by atoms with van der Waals surface area (Å²) in [6, 6.07) is -0.253. The van der Waals surface area contributed by atoms with E-state index in [1.54, 1.807) is 0 Å². The van der Waals surface area contributed by atoms with Gasteiger partial charge in [0, 0.05) is 18.2 Å². The van der Waals surface area contributed by atoms with Crippen LogP contribution in [0.15, 0.2) is 0 Å². The van der Waals surface area contributed by atoms with Gasteiger partial charge in [0.25, 0.3) is 0 Å². The lowest BCUT2D eigenvalue weighted by Crippen LogP contribution is -2.41. The molecule has 0 spiro atoms. The van der Waals surface area contributed by atoms with Crippen molar-refractivity contribution < 1.29 is 16.8 Å². The quantitative estimate of drug-likeness (QED) is 0.666. The first kappa shape index (κ1) is 17.2. The number of sulfonamides is 1. The zero-order valence-electron chi connectivity index (χ0n) is 10.3. The van der Waals surface area contributed by atoms with Crippen molar-refractivity contribution in [3.05, 3.63) is 0 Å². The number of sulfone groups is 1. The molecule has 0 fully saturated rings. The van der Waals surface area contributed by atoms with E-state index >= 15 is 0 Å². The molecule has 0 heterocycles. The first-order valence-electron chi connectivity index (χ1n) is 5.31. The smallest absolute Gasteiger partial charge is 0.212 e. The fourth-order valence-electron chi connectivity index (χ4n) is 1.20. The Morgan fingerprint density at radius 2 is 1.65 bits per heavy atom. The van der Waals surface area contributed by atoms with Gasteiger partial charge in [-0.05, 0) is 12.3 Å². The molecule has 0 aromatic rings. The van der Waals surface area contributed by atoms with Crippen LogP contribution in [0.1, 0.15) is 20.3 Å². The van der Waals surface area contributed by atoms with Gasteiger partial charge in [0.2, 0.25) is 10.0 Å². The van der Waals surface area contributed by atoms with Gasteiger partial charge in [-0.3, -0.25) is 0 Å². The van der Waals surface area contributed by atoms with Crippen molar-refractivity contribution in [3.8, 4) is 0 Å². The Bertz CT molecular complexity index is 416. The number of hydrogen-bond donors (Lipinski definition) is 1. The Kier molecular flexibility index (Phi) is 6.98. The molecule has 1 N–H and O–H groups in total. The molecule has 0 radical (unpaired) electrons. The third-order valence-corrected chi connectivity index (χ3v) is 5.10. The van der Waals surface area contributed by atoms with E-state index in [0.717, 1.165) is 6.26 Å². The number of hydrogen-bond acceptors (Lipinski definition) is 4. The van der Waals surface area contributed by atoms with E-state index in [-0.39, 0.29) is 17.7 Å². The Hall–Kier alpha value is 0.150. The van der Waals surface area contributed by atoms with Crippen molar-refractivity contribution in [1.82, 2.24) is 4.72 Å². The molecule has 104 valence electrons. The zero-order valence-corrected chi connectivity index (χ0v) is 12.7. The molecule has 0 rings (SSSR count). The van der Waals surface area contributed by atoms with E-state index in [4.69, 9.17) is 11.6 Å². The summed E-state index contributed by atoms with van der Waals surface area (Å²) < 4.78 is 47.6. The Balaban J connectivity index is 4.51. The fraction of sp³-hybridized carbons (Fsp3) is 1.00. The van der Waals surface area contributed by atoms with Gasteiger partial charge in [0.1, 0.15) is 9.84 Å². The van der Waals surface area contributed by atoms with Crippen molar-refractivity contribution in [1.29, 1.82) is 0 Å². The molecule has 8 heteroatoms. The van der Waals surface area contributed by atoms with Crippen molar-refractivity contribution in [3.63, 3.8) is 0 Å². The molecule has 1 unspecified atom stereocenters. The molecule has 0 saturated heterocycles. The van der Waals surface area contributed by atoms with Crippen LogP contribution in [0, 0.1) is 5.92 Å². The van der Waals surface area contributed by atoms with Crippen LogP contribution in [0.3, 0.4) is 0 Å². The van der Waals surface area contributed by atoms with Gasteiger partial charge in [0.05, 0.1) is 11.5 Å². The van der Waals surface area contributed by atoms with E-state index in [2.05, 4.69) is 4.72 Å². The normalized spacial score (nSPS) is 15.1. The molecular formula is C9H20ClNO4S2. The fourth-order valence-corrected chi connectivity index (χ4v) is 4.49. The van der Waals surface area contributed by atoms with E-state index < -0.39 is 25.6 Å². The van der Waals surface area contributed by atoms with E-state index in [9.17, 15) is 16.8 Å². The summed E-state index contributed by atoms with van der Waals surface area (Å²) in [6.07, 6.45) is 1.54. The van der Waals surface area contributed by atoms with Crippen LogP contribution in [0.4, 0.5) is 0 Å². The maximum absolute atomic E-state index is 11.6. The average molecular weight is 306 g/mol. The molecule has 0 aliphatic heterocycles. The van der Waals surface area contributed by atoms with Crippen LogP contribution in [0.2, 0.25) is 0 Å². The molecular weight excluding hydrogens is 286 g/mol. The van der Waals surface area contributed by atoms with Gasteiger partial charge in [-0.2, -0.15) is 0 Å². The minimum absolute atomic E-state index is 0.113. The number of nitrogens with one attached hydrogen (secondary N) is 1. The zero-order chi connectivity index (χ0) is 13.7. The minimum Gasteiger partial charge on any atom is -0.229 e. The van der Waals surface area contributed by atoms with Crippen molar-refractivity contribution >= 4 is 31.5 Å². The summed E-state index contributed by atoms with van der Waals surface area (Å²) >= 11 is 5.59. The summed E-state index contributed by atoms with van der Waals surface area (Å²) in [5.41, 5.74) is 0. The van der Waals surface area contributed by atoms with Crippen LogP contribution in [-0.2, 0) is 19.9 Å². The van der Waals surface area contributed by atoms with Crippen LogP contribution >= 0.6 is 11.6 Å². The molecule has 5 nitrogen and oxygen atoms in total. The largest absolute Gasteiger partial charge is 0.229 e. The lowest BCUT2D eigenvalue weighted by atomic mass is 10.0. The van der Waals surface area contributed by atoms with Gasteiger partial charge >= 0.3 is 0 Å². The first-order valence-corrected chi connectivity index (χ1v) is 9.56.